The monoisotopic (exact) mass is 284 g/mol. The molecule has 0 unspecified atom stereocenters. The minimum atomic E-state index is -3.56. The normalized spacial score (nSPS) is 20.4. The number of anilines is 1. The van der Waals surface area contributed by atoms with Crippen LogP contribution in [0.15, 0.2) is 23.1 Å². The van der Waals surface area contributed by atoms with E-state index in [1.807, 2.05) is 6.92 Å². The number of sulfonamides is 1. The molecule has 0 amide bonds. The molecule has 1 aliphatic heterocycles. The van der Waals surface area contributed by atoms with Crippen LogP contribution in [-0.4, -0.2) is 36.5 Å². The topological polar surface area (TPSA) is 83.6 Å². The highest BCUT2D eigenvalue weighted by Gasteiger charge is 2.34. The molecule has 6 heteroatoms. The lowest BCUT2D eigenvalue weighted by atomic mass is 9.95. The zero-order valence-electron chi connectivity index (χ0n) is 11.3. The van der Waals surface area contributed by atoms with Gasteiger partial charge in [0, 0.05) is 13.1 Å². The first-order valence-electron chi connectivity index (χ1n) is 6.31. The van der Waals surface area contributed by atoms with E-state index in [0.29, 0.717) is 25.9 Å². The van der Waals surface area contributed by atoms with Gasteiger partial charge in [0.2, 0.25) is 10.0 Å². The maximum atomic E-state index is 12.5. The molecule has 2 rings (SSSR count). The summed E-state index contributed by atoms with van der Waals surface area (Å²) in [7, 11) is -3.56. The Kier molecular flexibility index (Phi) is 3.59. The molecular formula is C13H20N2O3S. The molecule has 1 saturated heterocycles. The zero-order valence-corrected chi connectivity index (χ0v) is 12.1. The van der Waals surface area contributed by atoms with E-state index in [1.54, 1.807) is 25.1 Å². The van der Waals surface area contributed by atoms with Crippen molar-refractivity contribution in [1.82, 2.24) is 4.31 Å². The van der Waals surface area contributed by atoms with E-state index >= 15 is 0 Å². The summed E-state index contributed by atoms with van der Waals surface area (Å²) in [5.41, 5.74) is 6.24. The van der Waals surface area contributed by atoms with Crippen molar-refractivity contribution in [2.45, 2.75) is 37.2 Å². The highest BCUT2D eigenvalue weighted by atomic mass is 32.2. The fourth-order valence-electron chi connectivity index (χ4n) is 2.25. The molecule has 1 aromatic carbocycles. The van der Waals surface area contributed by atoms with Gasteiger partial charge in [-0.1, -0.05) is 6.07 Å². The average molecular weight is 284 g/mol. The van der Waals surface area contributed by atoms with Crippen molar-refractivity contribution < 1.29 is 13.5 Å². The summed E-state index contributed by atoms with van der Waals surface area (Å²) in [6.07, 6.45) is 0.885. The first-order chi connectivity index (χ1) is 8.72. The van der Waals surface area contributed by atoms with Crippen LogP contribution < -0.4 is 5.73 Å². The average Bonchev–Trinajstić information content (AvgIpc) is 2.27. The van der Waals surface area contributed by atoms with Gasteiger partial charge in [0.15, 0.2) is 0 Å². The Morgan fingerprint density at radius 3 is 2.42 bits per heavy atom. The van der Waals surface area contributed by atoms with Gasteiger partial charge in [0.25, 0.3) is 0 Å². The molecule has 0 radical (unpaired) electrons. The van der Waals surface area contributed by atoms with E-state index in [9.17, 15) is 13.5 Å². The Labute approximate surface area is 114 Å². The van der Waals surface area contributed by atoms with Crippen LogP contribution in [0.1, 0.15) is 25.3 Å². The van der Waals surface area contributed by atoms with E-state index in [-0.39, 0.29) is 10.6 Å². The minimum Gasteiger partial charge on any atom is -0.398 e. The van der Waals surface area contributed by atoms with Crippen LogP contribution in [0.2, 0.25) is 0 Å². The van der Waals surface area contributed by atoms with Crippen LogP contribution in [-0.2, 0) is 10.0 Å². The van der Waals surface area contributed by atoms with Crippen LogP contribution in [0.4, 0.5) is 5.69 Å². The van der Waals surface area contributed by atoms with Crippen molar-refractivity contribution in [2.24, 2.45) is 0 Å². The number of rotatable bonds is 2. The fourth-order valence-corrected chi connectivity index (χ4v) is 3.79. The Morgan fingerprint density at radius 1 is 1.32 bits per heavy atom. The van der Waals surface area contributed by atoms with E-state index in [0.717, 1.165) is 5.56 Å². The second-order valence-electron chi connectivity index (χ2n) is 5.44. The summed E-state index contributed by atoms with van der Waals surface area (Å²) in [5.74, 6) is 0. The maximum Gasteiger partial charge on any atom is 0.245 e. The van der Waals surface area contributed by atoms with Gasteiger partial charge in [0.05, 0.1) is 11.3 Å². The molecule has 106 valence electrons. The van der Waals surface area contributed by atoms with E-state index in [1.165, 1.54) is 4.31 Å². The first-order valence-corrected chi connectivity index (χ1v) is 7.75. The van der Waals surface area contributed by atoms with Gasteiger partial charge in [-0.25, -0.2) is 8.42 Å². The molecule has 19 heavy (non-hydrogen) atoms. The molecule has 0 bridgehead atoms. The van der Waals surface area contributed by atoms with Crippen LogP contribution in [0.5, 0.6) is 0 Å². The van der Waals surface area contributed by atoms with Crippen molar-refractivity contribution in [3.8, 4) is 0 Å². The van der Waals surface area contributed by atoms with Crippen molar-refractivity contribution in [3.63, 3.8) is 0 Å². The second kappa shape index (κ2) is 4.77. The van der Waals surface area contributed by atoms with Crippen LogP contribution in [0.25, 0.3) is 0 Å². The smallest absolute Gasteiger partial charge is 0.245 e. The van der Waals surface area contributed by atoms with E-state index in [4.69, 9.17) is 5.73 Å². The largest absolute Gasteiger partial charge is 0.398 e. The van der Waals surface area contributed by atoms with Gasteiger partial charge in [-0.15, -0.1) is 0 Å². The molecule has 1 fully saturated rings. The third-order valence-electron chi connectivity index (χ3n) is 3.58. The summed E-state index contributed by atoms with van der Waals surface area (Å²) >= 11 is 0. The van der Waals surface area contributed by atoms with Crippen molar-refractivity contribution in [1.29, 1.82) is 0 Å². The Balaban J connectivity index is 2.28. The summed E-state index contributed by atoms with van der Waals surface area (Å²) < 4.78 is 26.4. The summed E-state index contributed by atoms with van der Waals surface area (Å²) in [4.78, 5) is 0.152. The van der Waals surface area contributed by atoms with Crippen LogP contribution in [0, 0.1) is 6.92 Å². The number of hydrogen-bond acceptors (Lipinski definition) is 4. The Morgan fingerprint density at radius 2 is 1.89 bits per heavy atom. The third-order valence-corrected chi connectivity index (χ3v) is 5.56. The van der Waals surface area contributed by atoms with E-state index in [2.05, 4.69) is 0 Å². The lowest BCUT2D eigenvalue weighted by Gasteiger charge is -2.35. The molecule has 1 heterocycles. The zero-order chi connectivity index (χ0) is 14.3. The predicted molar refractivity (Wildman–Crippen MR) is 74.2 cm³/mol. The van der Waals surface area contributed by atoms with Gasteiger partial charge >= 0.3 is 0 Å². The van der Waals surface area contributed by atoms with Gasteiger partial charge in [-0.3, -0.25) is 0 Å². The summed E-state index contributed by atoms with van der Waals surface area (Å²) in [6, 6.07) is 4.95. The number of nitrogens with zero attached hydrogens (tertiary/aromatic N) is 1. The number of benzene rings is 1. The van der Waals surface area contributed by atoms with Crippen molar-refractivity contribution in [2.75, 3.05) is 18.8 Å². The predicted octanol–water partition coefficient (Wildman–Crippen LogP) is 1.11. The maximum absolute atomic E-state index is 12.5. The molecule has 0 aliphatic carbocycles. The Bertz CT molecular complexity index is 572. The van der Waals surface area contributed by atoms with Gasteiger partial charge in [-0.2, -0.15) is 4.31 Å². The van der Waals surface area contributed by atoms with Crippen molar-refractivity contribution >= 4 is 15.7 Å². The van der Waals surface area contributed by atoms with Crippen LogP contribution in [0.3, 0.4) is 0 Å². The standard InChI is InChI=1S/C13H20N2O3S/c1-10-3-4-12(11(14)9-10)19(17,18)15-7-5-13(2,16)6-8-15/h3-4,9,16H,5-8,14H2,1-2H3. The number of piperidine rings is 1. The lowest BCUT2D eigenvalue weighted by molar-refractivity contribution is 0.0126. The molecule has 5 nitrogen and oxygen atoms in total. The minimum absolute atomic E-state index is 0.152. The quantitative estimate of drug-likeness (QED) is 0.797. The van der Waals surface area contributed by atoms with Gasteiger partial charge in [0.1, 0.15) is 4.90 Å². The number of hydrogen-bond donors (Lipinski definition) is 2. The van der Waals surface area contributed by atoms with Crippen molar-refractivity contribution in [3.05, 3.63) is 23.8 Å². The number of nitrogen functional groups attached to an aromatic ring is 1. The number of nitrogens with two attached hydrogens (primary N) is 1. The van der Waals surface area contributed by atoms with Gasteiger partial charge < -0.3 is 10.8 Å². The molecule has 1 aliphatic rings. The van der Waals surface area contributed by atoms with Gasteiger partial charge in [-0.05, 0) is 44.4 Å². The Hall–Kier alpha value is -1.11. The second-order valence-corrected chi connectivity index (χ2v) is 7.35. The third kappa shape index (κ3) is 2.91. The molecule has 0 atom stereocenters. The lowest BCUT2D eigenvalue weighted by Crippen LogP contribution is -2.45. The highest BCUT2D eigenvalue weighted by molar-refractivity contribution is 7.89. The molecule has 0 saturated carbocycles. The summed E-state index contributed by atoms with van der Waals surface area (Å²) in [5, 5.41) is 9.87. The SMILES string of the molecule is Cc1ccc(S(=O)(=O)N2CCC(C)(O)CC2)c(N)c1. The molecule has 1 aromatic rings. The van der Waals surface area contributed by atoms with E-state index < -0.39 is 15.6 Å². The molecule has 0 spiro atoms. The van der Waals surface area contributed by atoms with Crippen LogP contribution >= 0.6 is 0 Å². The number of aliphatic hydroxyl groups is 1. The molecule has 3 N–H and O–H groups in total. The molecule has 0 aromatic heterocycles. The molecular weight excluding hydrogens is 264 g/mol. The highest BCUT2D eigenvalue weighted by Crippen LogP contribution is 2.28. The fraction of sp³-hybridized carbons (Fsp3) is 0.538. The first kappa shape index (κ1) is 14.3. The number of aryl methyl sites for hydroxylation is 1. The summed E-state index contributed by atoms with van der Waals surface area (Å²) in [6.45, 7) is 4.24.